The van der Waals surface area contributed by atoms with Crippen molar-refractivity contribution in [3.05, 3.63) is 0 Å². The van der Waals surface area contributed by atoms with E-state index in [1.165, 1.54) is 0 Å². The van der Waals surface area contributed by atoms with E-state index in [9.17, 15) is 0 Å². The van der Waals surface area contributed by atoms with Crippen LogP contribution < -0.4 is 4.67 Å². The average molecular weight is 72.1 g/mol. The molecule has 4 heavy (non-hydrogen) atoms. The predicted molar refractivity (Wildman–Crippen MR) is 21.9 cm³/mol. The molecule has 0 saturated carbocycles. The third-order valence-electron chi connectivity index (χ3n) is 0.0645. The standard InChI is InChI=1S/C2H2NS/c1-3-2-4/h1H2/q+1. The second kappa shape index (κ2) is 2.58. The lowest BCUT2D eigenvalue weighted by Crippen LogP contribution is -1.45. The number of rotatable bonds is 0. The molecular formula is C2H2NS+. The molecule has 0 spiro atoms. The second-order valence-electron chi connectivity index (χ2n) is 0.249. The molecule has 1 nitrogen and oxygen atoms in total. The highest BCUT2D eigenvalue weighted by molar-refractivity contribution is 7.78. The van der Waals surface area contributed by atoms with Crippen LogP contribution in [0.1, 0.15) is 0 Å². The van der Waals surface area contributed by atoms with E-state index in [2.05, 4.69) is 23.6 Å². The molecule has 20 valence electrons. The number of isothiocyanates is 1. The minimum atomic E-state index is 2.03. The largest absolute Gasteiger partial charge is 0.392 e. The van der Waals surface area contributed by atoms with E-state index in [4.69, 9.17) is 0 Å². The van der Waals surface area contributed by atoms with Crippen molar-refractivity contribution in [3.63, 3.8) is 0 Å². The molecule has 0 bridgehead atoms. The Morgan fingerprint density at radius 2 is 2.25 bits per heavy atom. The molecule has 0 saturated heterocycles. The van der Waals surface area contributed by atoms with Crippen LogP contribution in [0.25, 0.3) is 0 Å². The summed E-state index contributed by atoms with van der Waals surface area (Å²) in [6.45, 7) is 3.01. The molecule has 0 unspecified atom stereocenters. The van der Waals surface area contributed by atoms with E-state index in [1.807, 2.05) is 5.16 Å². The molecule has 0 aliphatic heterocycles. The van der Waals surface area contributed by atoms with Crippen molar-refractivity contribution in [1.29, 1.82) is 0 Å². The summed E-state index contributed by atoms with van der Waals surface area (Å²) in [5.41, 5.74) is 0. The van der Waals surface area contributed by atoms with Gasteiger partial charge in [-0.3, -0.25) is 0 Å². The fourth-order valence-electron chi connectivity index (χ4n) is 0. The van der Waals surface area contributed by atoms with Crippen molar-refractivity contribution >= 4 is 24.1 Å². The lowest BCUT2D eigenvalue weighted by Gasteiger charge is -0.985. The van der Waals surface area contributed by atoms with Crippen LogP contribution in [0, 0.1) is 0 Å². The van der Waals surface area contributed by atoms with Gasteiger partial charge in [-0.2, -0.15) is 0 Å². The first-order chi connectivity index (χ1) is 1.91. The molecule has 0 rings (SSSR count). The number of hydrogen-bond acceptors (Lipinski definition) is 1. The predicted octanol–water partition coefficient (Wildman–Crippen LogP) is -0.143. The molecule has 0 fully saturated rings. The molecule has 0 amide bonds. The molecule has 0 aromatic heterocycles. The van der Waals surface area contributed by atoms with Crippen LogP contribution in [0.15, 0.2) is 0 Å². The molecule has 0 heterocycles. The third-order valence-corrected chi connectivity index (χ3v) is 0.194. The normalized spacial score (nSPS) is 3.00. The van der Waals surface area contributed by atoms with E-state index in [1.54, 1.807) is 0 Å². The van der Waals surface area contributed by atoms with Gasteiger partial charge in [-0.15, -0.1) is 0 Å². The molecule has 0 aliphatic carbocycles. The average Bonchev–Trinajstić information content (AvgIpc) is 1.37. The molecule has 2 heteroatoms. The maximum absolute atomic E-state index is 4.07. The van der Waals surface area contributed by atoms with Gasteiger partial charge in [0.05, 0.1) is 12.2 Å². The van der Waals surface area contributed by atoms with Crippen molar-refractivity contribution in [2.75, 3.05) is 0 Å². The SMILES string of the molecule is C=[N+]=C=S. The first-order valence-electron chi connectivity index (χ1n) is 0.744. The summed E-state index contributed by atoms with van der Waals surface area (Å²) in [4.78, 5) is 0. The van der Waals surface area contributed by atoms with E-state index < -0.39 is 0 Å². The van der Waals surface area contributed by atoms with Crippen LogP contribution in [0.2, 0.25) is 0 Å². The minimum absolute atomic E-state index is 2.03. The van der Waals surface area contributed by atoms with Gasteiger partial charge in [0.1, 0.15) is 0 Å². The van der Waals surface area contributed by atoms with Gasteiger partial charge in [-0.05, 0) is 4.67 Å². The van der Waals surface area contributed by atoms with Crippen LogP contribution in [-0.2, 0) is 0 Å². The first kappa shape index (κ1) is 3.58. The smallest absolute Gasteiger partial charge is 0.0343 e. The minimum Gasteiger partial charge on any atom is -0.0343 e. The molecule has 0 aromatic rings. The van der Waals surface area contributed by atoms with Gasteiger partial charge < -0.3 is 0 Å². The zero-order valence-electron chi connectivity index (χ0n) is 2.06. The van der Waals surface area contributed by atoms with Gasteiger partial charge in [0.25, 0.3) is 6.72 Å². The van der Waals surface area contributed by atoms with Crippen molar-refractivity contribution < 1.29 is 0 Å². The Morgan fingerprint density at radius 3 is 2.25 bits per heavy atom. The number of thiocarbonyl (C=S) groups is 1. The summed E-state index contributed by atoms with van der Waals surface area (Å²) in [7, 11) is 0. The highest BCUT2D eigenvalue weighted by atomic mass is 32.1. The fourth-order valence-corrected chi connectivity index (χ4v) is 0. The van der Waals surface area contributed by atoms with Crippen LogP contribution >= 0.6 is 12.2 Å². The lowest BCUT2D eigenvalue weighted by atomic mass is 11.6. The highest BCUT2D eigenvalue weighted by Crippen LogP contribution is 1.14. The quantitative estimate of drug-likeness (QED) is 0.220. The molecule has 0 N–H and O–H groups in total. The maximum Gasteiger partial charge on any atom is 0.392 e. The molecule has 0 aromatic carbocycles. The van der Waals surface area contributed by atoms with Crippen molar-refractivity contribution in [1.82, 2.24) is 4.67 Å². The number of hydrogen-bond donors (Lipinski definition) is 0. The summed E-state index contributed by atoms with van der Waals surface area (Å²) in [5.74, 6) is 0. The summed E-state index contributed by atoms with van der Waals surface area (Å²) >= 11 is 4.07. The molecule has 0 radical (unpaired) electrons. The van der Waals surface area contributed by atoms with Crippen molar-refractivity contribution in [3.8, 4) is 0 Å². The maximum atomic E-state index is 4.07. The van der Waals surface area contributed by atoms with Crippen molar-refractivity contribution in [2.24, 2.45) is 0 Å². The van der Waals surface area contributed by atoms with Gasteiger partial charge in [0.15, 0.2) is 0 Å². The van der Waals surface area contributed by atoms with Gasteiger partial charge in [0, 0.05) is 0 Å². The Morgan fingerprint density at radius 1 is 2.00 bits per heavy atom. The molecular weight excluding hydrogens is 70.1 g/mol. The van der Waals surface area contributed by atoms with Crippen LogP contribution in [0.3, 0.4) is 0 Å². The number of nitrogens with zero attached hydrogens (tertiary/aromatic N) is 1. The fraction of sp³-hybridized carbons (Fsp3) is 0. The van der Waals surface area contributed by atoms with Gasteiger partial charge in [-0.1, -0.05) is 0 Å². The van der Waals surface area contributed by atoms with Gasteiger partial charge >= 0.3 is 5.16 Å². The Kier molecular flexibility index (Phi) is 2.31. The van der Waals surface area contributed by atoms with Crippen LogP contribution in [-0.4, -0.2) is 11.9 Å². The summed E-state index contributed by atoms with van der Waals surface area (Å²) in [6, 6.07) is 0. The van der Waals surface area contributed by atoms with E-state index in [0.29, 0.717) is 0 Å². The zero-order chi connectivity index (χ0) is 3.41. The zero-order valence-corrected chi connectivity index (χ0v) is 2.88. The first-order valence-corrected chi connectivity index (χ1v) is 1.15. The van der Waals surface area contributed by atoms with E-state index >= 15 is 0 Å². The third kappa shape index (κ3) is 1.58. The Bertz CT molecular complexity index is 56.1. The van der Waals surface area contributed by atoms with E-state index in [0.717, 1.165) is 0 Å². The Labute approximate surface area is 29.7 Å². The Balaban J connectivity index is 3.95. The molecule has 0 aliphatic rings. The second-order valence-corrected chi connectivity index (χ2v) is 0.432. The van der Waals surface area contributed by atoms with Gasteiger partial charge in [-0.25, -0.2) is 0 Å². The summed E-state index contributed by atoms with van der Waals surface area (Å²) in [6.07, 6.45) is 0. The lowest BCUT2D eigenvalue weighted by molar-refractivity contribution is 1.82. The summed E-state index contributed by atoms with van der Waals surface area (Å²) < 4.78 is 3.05. The summed E-state index contributed by atoms with van der Waals surface area (Å²) in [5, 5.41) is 2.03. The van der Waals surface area contributed by atoms with Crippen LogP contribution in [0.5, 0.6) is 0 Å². The monoisotopic (exact) mass is 72.0 g/mol. The topological polar surface area (TPSA) is 14.1 Å². The highest BCUT2D eigenvalue weighted by Gasteiger charge is 1.34. The Hall–Kier alpha value is -0.420. The van der Waals surface area contributed by atoms with E-state index in [-0.39, 0.29) is 0 Å². The molecule has 0 atom stereocenters. The van der Waals surface area contributed by atoms with Gasteiger partial charge in [0.2, 0.25) is 0 Å². The van der Waals surface area contributed by atoms with Crippen molar-refractivity contribution in [2.45, 2.75) is 0 Å². The van der Waals surface area contributed by atoms with Crippen LogP contribution in [0.4, 0.5) is 0 Å².